The summed E-state index contributed by atoms with van der Waals surface area (Å²) < 4.78 is 5.21. The zero-order valence-electron chi connectivity index (χ0n) is 9.35. The summed E-state index contributed by atoms with van der Waals surface area (Å²) in [5.74, 6) is 0.905. The van der Waals surface area contributed by atoms with Crippen molar-refractivity contribution in [3.63, 3.8) is 0 Å². The standard InChI is InChI=1S/C12H15N3O.ClH/c13-10-3-4-12(14)9(6-10)7-15-8-11-2-1-5-16-11;/h1-6,15H,7-8,13-14H2;1H. The molecule has 5 heteroatoms. The highest BCUT2D eigenvalue weighted by molar-refractivity contribution is 5.85. The summed E-state index contributed by atoms with van der Waals surface area (Å²) >= 11 is 0. The minimum atomic E-state index is 0. The molecule has 5 N–H and O–H groups in total. The summed E-state index contributed by atoms with van der Waals surface area (Å²) in [5, 5.41) is 3.24. The maximum atomic E-state index is 5.83. The van der Waals surface area contributed by atoms with Gasteiger partial charge in [0.15, 0.2) is 0 Å². The number of hydrogen-bond donors (Lipinski definition) is 3. The Morgan fingerprint density at radius 2 is 1.94 bits per heavy atom. The highest BCUT2D eigenvalue weighted by Crippen LogP contribution is 2.15. The Bertz CT molecular complexity index is 457. The Labute approximate surface area is 106 Å². The van der Waals surface area contributed by atoms with E-state index in [9.17, 15) is 0 Å². The lowest BCUT2D eigenvalue weighted by molar-refractivity contribution is 0.483. The number of benzene rings is 1. The van der Waals surface area contributed by atoms with Crippen molar-refractivity contribution in [1.29, 1.82) is 0 Å². The van der Waals surface area contributed by atoms with Gasteiger partial charge in [0.05, 0.1) is 12.8 Å². The molecule has 1 aromatic heterocycles. The highest BCUT2D eigenvalue weighted by Gasteiger charge is 2.00. The molecule has 0 amide bonds. The summed E-state index contributed by atoms with van der Waals surface area (Å²) in [5.41, 5.74) is 14.0. The number of rotatable bonds is 4. The normalized spacial score (nSPS) is 9.88. The largest absolute Gasteiger partial charge is 0.468 e. The average molecular weight is 254 g/mol. The van der Waals surface area contributed by atoms with Gasteiger partial charge in [-0.1, -0.05) is 0 Å². The van der Waals surface area contributed by atoms with Crippen LogP contribution in [0.2, 0.25) is 0 Å². The molecule has 2 aromatic rings. The Morgan fingerprint density at radius 1 is 1.12 bits per heavy atom. The predicted molar refractivity (Wildman–Crippen MR) is 71.8 cm³/mol. The molecule has 4 nitrogen and oxygen atoms in total. The number of nitrogen functional groups attached to an aromatic ring is 2. The van der Waals surface area contributed by atoms with Crippen LogP contribution in [0.4, 0.5) is 11.4 Å². The average Bonchev–Trinajstić information content (AvgIpc) is 2.76. The van der Waals surface area contributed by atoms with E-state index in [1.54, 1.807) is 12.3 Å². The lowest BCUT2D eigenvalue weighted by atomic mass is 10.1. The summed E-state index contributed by atoms with van der Waals surface area (Å²) in [7, 11) is 0. The van der Waals surface area contributed by atoms with Gasteiger partial charge < -0.3 is 21.2 Å². The Kier molecular flexibility index (Phi) is 4.87. The molecule has 0 aliphatic carbocycles. The minimum absolute atomic E-state index is 0. The first-order chi connectivity index (χ1) is 7.75. The molecule has 0 atom stereocenters. The van der Waals surface area contributed by atoms with Gasteiger partial charge in [0.25, 0.3) is 0 Å². The lowest BCUT2D eigenvalue weighted by Gasteiger charge is -2.07. The van der Waals surface area contributed by atoms with Crippen molar-refractivity contribution >= 4 is 23.8 Å². The second kappa shape index (κ2) is 6.18. The zero-order valence-corrected chi connectivity index (χ0v) is 10.2. The summed E-state index contributed by atoms with van der Waals surface area (Å²) in [6.07, 6.45) is 1.66. The number of furan rings is 1. The van der Waals surface area contributed by atoms with Crippen LogP contribution in [0.1, 0.15) is 11.3 Å². The third kappa shape index (κ3) is 3.69. The Hall–Kier alpha value is -1.65. The van der Waals surface area contributed by atoms with E-state index < -0.39 is 0 Å². The van der Waals surface area contributed by atoms with E-state index in [0.29, 0.717) is 13.1 Å². The molecule has 1 aromatic carbocycles. The summed E-state index contributed by atoms with van der Waals surface area (Å²) in [6, 6.07) is 9.29. The van der Waals surface area contributed by atoms with Crippen molar-refractivity contribution in [3.05, 3.63) is 47.9 Å². The van der Waals surface area contributed by atoms with Crippen LogP contribution >= 0.6 is 12.4 Å². The van der Waals surface area contributed by atoms with E-state index in [2.05, 4.69) is 5.32 Å². The second-order valence-corrected chi connectivity index (χ2v) is 3.64. The van der Waals surface area contributed by atoms with E-state index in [4.69, 9.17) is 15.9 Å². The number of anilines is 2. The molecule has 0 saturated heterocycles. The maximum Gasteiger partial charge on any atom is 0.117 e. The van der Waals surface area contributed by atoms with Crippen molar-refractivity contribution in [2.24, 2.45) is 0 Å². The van der Waals surface area contributed by atoms with Gasteiger partial charge in [0.2, 0.25) is 0 Å². The zero-order chi connectivity index (χ0) is 11.4. The molecule has 0 bridgehead atoms. The van der Waals surface area contributed by atoms with Crippen molar-refractivity contribution in [3.8, 4) is 0 Å². The van der Waals surface area contributed by atoms with Gasteiger partial charge in [-0.3, -0.25) is 0 Å². The van der Waals surface area contributed by atoms with E-state index in [-0.39, 0.29) is 12.4 Å². The third-order valence-corrected chi connectivity index (χ3v) is 2.36. The molecule has 2 rings (SSSR count). The fraction of sp³-hybridized carbons (Fsp3) is 0.167. The van der Waals surface area contributed by atoms with Gasteiger partial charge in [-0.25, -0.2) is 0 Å². The van der Waals surface area contributed by atoms with Crippen LogP contribution in [0.3, 0.4) is 0 Å². The van der Waals surface area contributed by atoms with Crippen molar-refractivity contribution in [1.82, 2.24) is 5.32 Å². The summed E-state index contributed by atoms with van der Waals surface area (Å²) in [4.78, 5) is 0. The van der Waals surface area contributed by atoms with Crippen LogP contribution in [0.15, 0.2) is 41.0 Å². The van der Waals surface area contributed by atoms with Gasteiger partial charge in [0.1, 0.15) is 5.76 Å². The lowest BCUT2D eigenvalue weighted by Crippen LogP contribution is -2.13. The monoisotopic (exact) mass is 253 g/mol. The van der Waals surface area contributed by atoms with Gasteiger partial charge in [-0.05, 0) is 35.9 Å². The van der Waals surface area contributed by atoms with Crippen LogP contribution in [-0.4, -0.2) is 0 Å². The van der Waals surface area contributed by atoms with Crippen molar-refractivity contribution < 1.29 is 4.42 Å². The minimum Gasteiger partial charge on any atom is -0.468 e. The Morgan fingerprint density at radius 3 is 2.65 bits per heavy atom. The van der Waals surface area contributed by atoms with Crippen LogP contribution in [0, 0.1) is 0 Å². The molecular weight excluding hydrogens is 238 g/mol. The number of hydrogen-bond acceptors (Lipinski definition) is 4. The van der Waals surface area contributed by atoms with E-state index >= 15 is 0 Å². The van der Waals surface area contributed by atoms with E-state index in [1.165, 1.54) is 0 Å². The highest BCUT2D eigenvalue weighted by atomic mass is 35.5. The quantitative estimate of drug-likeness (QED) is 0.730. The maximum absolute atomic E-state index is 5.83. The first-order valence-corrected chi connectivity index (χ1v) is 5.12. The van der Waals surface area contributed by atoms with Crippen molar-refractivity contribution in [2.45, 2.75) is 13.1 Å². The smallest absolute Gasteiger partial charge is 0.117 e. The third-order valence-electron chi connectivity index (χ3n) is 2.36. The van der Waals surface area contributed by atoms with Crippen LogP contribution in [-0.2, 0) is 13.1 Å². The molecule has 0 unspecified atom stereocenters. The van der Waals surface area contributed by atoms with Gasteiger partial charge in [0, 0.05) is 17.9 Å². The first-order valence-electron chi connectivity index (χ1n) is 5.12. The van der Waals surface area contributed by atoms with Crippen LogP contribution < -0.4 is 16.8 Å². The fourth-order valence-electron chi connectivity index (χ4n) is 1.51. The van der Waals surface area contributed by atoms with Gasteiger partial charge >= 0.3 is 0 Å². The predicted octanol–water partition coefficient (Wildman–Crippen LogP) is 2.16. The fourth-order valence-corrected chi connectivity index (χ4v) is 1.51. The molecule has 1 heterocycles. The van der Waals surface area contributed by atoms with Gasteiger partial charge in [-0.15, -0.1) is 12.4 Å². The first kappa shape index (κ1) is 13.4. The van der Waals surface area contributed by atoms with Gasteiger partial charge in [-0.2, -0.15) is 0 Å². The molecular formula is C12H16ClN3O. The molecule has 0 radical (unpaired) electrons. The topological polar surface area (TPSA) is 77.2 Å². The number of nitrogens with two attached hydrogens (primary N) is 2. The molecule has 0 spiro atoms. The van der Waals surface area contributed by atoms with E-state index in [1.807, 2.05) is 24.3 Å². The molecule has 0 fully saturated rings. The Balaban J connectivity index is 0.00000144. The molecule has 17 heavy (non-hydrogen) atoms. The molecule has 0 aliphatic rings. The summed E-state index contributed by atoms with van der Waals surface area (Å²) in [6.45, 7) is 1.36. The SMILES string of the molecule is Cl.Nc1ccc(N)c(CNCc2ccco2)c1. The number of nitrogens with one attached hydrogen (secondary N) is 1. The van der Waals surface area contributed by atoms with Crippen molar-refractivity contribution in [2.75, 3.05) is 11.5 Å². The van der Waals surface area contributed by atoms with Crippen LogP contribution in [0.5, 0.6) is 0 Å². The molecule has 92 valence electrons. The second-order valence-electron chi connectivity index (χ2n) is 3.64. The number of halogens is 1. The molecule has 0 aliphatic heterocycles. The van der Waals surface area contributed by atoms with E-state index in [0.717, 1.165) is 22.7 Å². The van der Waals surface area contributed by atoms with Crippen LogP contribution in [0.25, 0.3) is 0 Å². The molecule has 0 saturated carbocycles.